The summed E-state index contributed by atoms with van der Waals surface area (Å²) in [7, 11) is 0. The van der Waals surface area contributed by atoms with E-state index in [9.17, 15) is 14.4 Å². The van der Waals surface area contributed by atoms with E-state index < -0.39 is 17.5 Å². The smallest absolute Gasteiger partial charge is 0.325 e. The largest absolute Gasteiger partial charge is 0.490 e. The molecule has 2 aromatic rings. The molecule has 4 amide bonds. The Bertz CT molecular complexity index is 1060. The average Bonchev–Trinajstić information content (AvgIpc) is 3.48. The van der Waals surface area contributed by atoms with E-state index in [1.54, 1.807) is 41.4 Å². The molecule has 168 valence electrons. The molecular weight excluding hydrogens is 430 g/mol. The zero-order valence-corrected chi connectivity index (χ0v) is 18.7. The molecule has 4 heterocycles. The summed E-state index contributed by atoms with van der Waals surface area (Å²) in [4.78, 5) is 43.1. The number of benzene rings is 1. The van der Waals surface area contributed by atoms with Gasteiger partial charge in [0.25, 0.3) is 5.91 Å². The minimum atomic E-state index is -1.28. The van der Waals surface area contributed by atoms with Crippen LogP contribution in [0.2, 0.25) is 0 Å². The number of fused-ring (bicyclic) bond motifs is 1. The van der Waals surface area contributed by atoms with Gasteiger partial charge in [-0.2, -0.15) is 0 Å². The third-order valence-electron chi connectivity index (χ3n) is 6.34. The van der Waals surface area contributed by atoms with Crippen molar-refractivity contribution in [3.63, 3.8) is 0 Å². The highest BCUT2D eigenvalue weighted by molar-refractivity contribution is 7.10. The van der Waals surface area contributed by atoms with Crippen molar-refractivity contribution >= 4 is 29.2 Å². The molecule has 1 aromatic carbocycles. The van der Waals surface area contributed by atoms with Crippen LogP contribution >= 0.6 is 11.3 Å². The van der Waals surface area contributed by atoms with Crippen LogP contribution < -0.4 is 14.8 Å². The van der Waals surface area contributed by atoms with Crippen LogP contribution in [0.15, 0.2) is 35.7 Å². The van der Waals surface area contributed by atoms with E-state index in [1.165, 1.54) is 0 Å². The number of amides is 4. The van der Waals surface area contributed by atoms with Gasteiger partial charge in [-0.3, -0.25) is 14.5 Å². The van der Waals surface area contributed by atoms with Crippen molar-refractivity contribution in [3.05, 3.63) is 46.2 Å². The number of imide groups is 1. The Morgan fingerprint density at radius 1 is 1.19 bits per heavy atom. The molecule has 0 aliphatic carbocycles. The summed E-state index contributed by atoms with van der Waals surface area (Å²) < 4.78 is 11.4. The maximum atomic E-state index is 13.3. The molecule has 9 heteroatoms. The van der Waals surface area contributed by atoms with Crippen molar-refractivity contribution in [1.29, 1.82) is 0 Å². The van der Waals surface area contributed by atoms with E-state index in [2.05, 4.69) is 5.32 Å². The molecule has 2 saturated heterocycles. The minimum Gasteiger partial charge on any atom is -0.490 e. The van der Waals surface area contributed by atoms with Crippen molar-refractivity contribution in [2.75, 3.05) is 26.3 Å². The van der Waals surface area contributed by atoms with Gasteiger partial charge < -0.3 is 19.7 Å². The van der Waals surface area contributed by atoms with Crippen LogP contribution in [0.4, 0.5) is 4.79 Å². The molecule has 0 spiro atoms. The Morgan fingerprint density at radius 3 is 2.78 bits per heavy atom. The molecule has 3 aliphatic rings. The summed E-state index contributed by atoms with van der Waals surface area (Å²) in [5.74, 6) is 0.505. The number of likely N-dealkylation sites (tertiary alicyclic amines) is 1. The van der Waals surface area contributed by atoms with Crippen LogP contribution in [0.25, 0.3) is 0 Å². The Morgan fingerprint density at radius 2 is 2.00 bits per heavy atom. The van der Waals surface area contributed by atoms with Gasteiger partial charge >= 0.3 is 6.03 Å². The van der Waals surface area contributed by atoms with Crippen molar-refractivity contribution < 1.29 is 23.9 Å². The number of carbonyl (C=O) groups is 3. The molecule has 0 radical (unpaired) electrons. The topological polar surface area (TPSA) is 88.2 Å². The average molecular weight is 456 g/mol. The summed E-state index contributed by atoms with van der Waals surface area (Å²) in [5.41, 5.74) is -0.687. The number of urea groups is 1. The third kappa shape index (κ3) is 3.50. The van der Waals surface area contributed by atoms with E-state index in [4.69, 9.17) is 9.47 Å². The standard InChI is InChI=1S/C23H25N3O5S/c1-23(15-7-8-17-18(13-15)31-11-4-10-30-17)21(28)26(22(29)24-23)14-20(27)25-9-2-5-16(25)19-6-3-12-32-19/h3,6-8,12-13,16H,2,4-5,9-11,14H2,1H3,(H,24,29). The molecule has 3 aliphatic heterocycles. The Kier molecular flexibility index (Phi) is 5.28. The predicted octanol–water partition coefficient (Wildman–Crippen LogP) is 3.04. The number of carbonyl (C=O) groups excluding carboxylic acids is 3. The van der Waals surface area contributed by atoms with Crippen LogP contribution in [0, 0.1) is 0 Å². The number of hydrogen-bond donors (Lipinski definition) is 1. The second-order valence-corrected chi connectivity index (χ2v) is 9.40. The van der Waals surface area contributed by atoms with Crippen LogP contribution in [-0.2, 0) is 15.1 Å². The highest BCUT2D eigenvalue weighted by atomic mass is 32.1. The molecule has 1 aromatic heterocycles. The molecule has 5 rings (SSSR count). The van der Waals surface area contributed by atoms with E-state index in [-0.39, 0.29) is 18.5 Å². The van der Waals surface area contributed by atoms with Gasteiger partial charge in [-0.05, 0) is 48.9 Å². The minimum absolute atomic E-state index is 0.0105. The van der Waals surface area contributed by atoms with Crippen LogP contribution in [0.1, 0.15) is 42.7 Å². The molecule has 1 N–H and O–H groups in total. The lowest BCUT2D eigenvalue weighted by atomic mass is 9.91. The molecule has 0 saturated carbocycles. The monoisotopic (exact) mass is 455 g/mol. The van der Waals surface area contributed by atoms with Gasteiger partial charge in [0.05, 0.1) is 19.3 Å². The predicted molar refractivity (Wildman–Crippen MR) is 118 cm³/mol. The van der Waals surface area contributed by atoms with Crippen LogP contribution in [-0.4, -0.2) is 53.9 Å². The number of ether oxygens (including phenoxy) is 2. The van der Waals surface area contributed by atoms with Crippen molar-refractivity contribution in [1.82, 2.24) is 15.1 Å². The number of rotatable bonds is 4. The van der Waals surface area contributed by atoms with E-state index in [0.717, 1.165) is 29.0 Å². The molecule has 2 unspecified atom stereocenters. The van der Waals surface area contributed by atoms with Crippen LogP contribution in [0.3, 0.4) is 0 Å². The number of thiophene rings is 1. The van der Waals surface area contributed by atoms with Crippen molar-refractivity contribution in [3.8, 4) is 11.5 Å². The van der Waals surface area contributed by atoms with E-state index >= 15 is 0 Å². The fourth-order valence-corrected chi connectivity index (χ4v) is 5.45. The van der Waals surface area contributed by atoms with Crippen molar-refractivity contribution in [2.45, 2.75) is 37.8 Å². The van der Waals surface area contributed by atoms with Gasteiger partial charge in [-0.15, -0.1) is 11.3 Å². The van der Waals surface area contributed by atoms with E-state index in [1.807, 2.05) is 17.5 Å². The Labute approximate surface area is 190 Å². The summed E-state index contributed by atoms with van der Waals surface area (Å²) in [6.07, 6.45) is 2.57. The Hall–Kier alpha value is -3.07. The maximum absolute atomic E-state index is 13.3. The first-order chi connectivity index (χ1) is 15.5. The molecular formula is C23H25N3O5S. The molecule has 32 heavy (non-hydrogen) atoms. The van der Waals surface area contributed by atoms with Gasteiger partial charge in [-0.25, -0.2) is 4.79 Å². The highest BCUT2D eigenvalue weighted by Gasteiger charge is 2.50. The zero-order chi connectivity index (χ0) is 22.3. The first-order valence-corrected chi connectivity index (χ1v) is 11.7. The van der Waals surface area contributed by atoms with Gasteiger partial charge in [0.15, 0.2) is 11.5 Å². The van der Waals surface area contributed by atoms with Gasteiger partial charge in [-0.1, -0.05) is 12.1 Å². The first kappa shape index (κ1) is 20.8. The summed E-state index contributed by atoms with van der Waals surface area (Å²) >= 11 is 1.62. The van der Waals surface area contributed by atoms with E-state index in [0.29, 0.717) is 36.8 Å². The maximum Gasteiger partial charge on any atom is 0.325 e. The normalized spacial score (nSPS) is 25.1. The molecule has 0 bridgehead atoms. The first-order valence-electron chi connectivity index (χ1n) is 10.8. The summed E-state index contributed by atoms with van der Waals surface area (Å²) in [6.45, 7) is 3.10. The molecule has 8 nitrogen and oxygen atoms in total. The number of hydrogen-bond acceptors (Lipinski definition) is 6. The highest BCUT2D eigenvalue weighted by Crippen LogP contribution is 2.38. The summed E-state index contributed by atoms with van der Waals surface area (Å²) in [5, 5.41) is 4.77. The lowest BCUT2D eigenvalue weighted by Gasteiger charge is -2.26. The quantitative estimate of drug-likeness (QED) is 0.716. The fourth-order valence-electron chi connectivity index (χ4n) is 4.58. The Balaban J connectivity index is 1.35. The van der Waals surface area contributed by atoms with Gasteiger partial charge in [0.2, 0.25) is 5.91 Å². The zero-order valence-electron chi connectivity index (χ0n) is 17.8. The van der Waals surface area contributed by atoms with Gasteiger partial charge in [0, 0.05) is 17.8 Å². The lowest BCUT2D eigenvalue weighted by molar-refractivity contribution is -0.139. The fraction of sp³-hybridized carbons (Fsp3) is 0.435. The molecule has 2 atom stereocenters. The number of nitrogens with one attached hydrogen (secondary N) is 1. The lowest BCUT2D eigenvalue weighted by Crippen LogP contribution is -2.44. The van der Waals surface area contributed by atoms with Crippen LogP contribution in [0.5, 0.6) is 11.5 Å². The third-order valence-corrected chi connectivity index (χ3v) is 7.31. The second-order valence-electron chi connectivity index (χ2n) is 8.42. The second kappa shape index (κ2) is 8.12. The number of nitrogens with zero attached hydrogens (tertiary/aromatic N) is 2. The van der Waals surface area contributed by atoms with Crippen molar-refractivity contribution in [2.24, 2.45) is 0 Å². The SMILES string of the molecule is CC1(c2ccc3c(c2)OCCCO3)NC(=O)N(CC(=O)N2CCCC2c2cccs2)C1=O. The summed E-state index contributed by atoms with van der Waals surface area (Å²) in [6, 6.07) is 8.68. The molecule has 2 fully saturated rings. The van der Waals surface area contributed by atoms with Gasteiger partial charge in [0.1, 0.15) is 12.1 Å².